The van der Waals surface area contributed by atoms with Crippen molar-refractivity contribution in [3.05, 3.63) is 35.1 Å². The maximum absolute atomic E-state index is 13.6. The van der Waals surface area contributed by atoms with E-state index in [1.54, 1.807) is 11.8 Å². The molecule has 0 spiro atoms. The number of nitrogens with two attached hydrogens (primary N) is 1. The van der Waals surface area contributed by atoms with E-state index in [2.05, 4.69) is 0 Å². The third-order valence-corrected chi connectivity index (χ3v) is 4.52. The van der Waals surface area contributed by atoms with Crippen LogP contribution in [0.25, 0.3) is 0 Å². The Hall–Kier alpha value is -0.680. The van der Waals surface area contributed by atoms with E-state index in [-0.39, 0.29) is 10.8 Å². The first-order chi connectivity index (χ1) is 8.11. The molecule has 1 fully saturated rings. The lowest BCUT2D eigenvalue weighted by molar-refractivity contribution is 0.432. The summed E-state index contributed by atoms with van der Waals surface area (Å²) in [6.07, 6.45) is 3.08. The number of hydrogen-bond acceptors (Lipinski definition) is 2. The molecule has 1 aliphatic heterocycles. The van der Waals surface area contributed by atoms with Crippen molar-refractivity contribution in [1.29, 1.82) is 0 Å². The fraction of sp³-hybridized carbons (Fsp3) is 0.500. The molecule has 17 heavy (non-hydrogen) atoms. The Bertz CT molecular complexity index is 405. The van der Waals surface area contributed by atoms with Crippen LogP contribution < -0.4 is 5.73 Å². The Morgan fingerprint density at radius 1 is 1.18 bits per heavy atom. The highest BCUT2D eigenvalue weighted by atomic mass is 32.2. The van der Waals surface area contributed by atoms with Gasteiger partial charge in [0.25, 0.3) is 0 Å². The maximum atomic E-state index is 13.6. The van der Waals surface area contributed by atoms with Gasteiger partial charge in [-0.05, 0) is 24.7 Å². The van der Waals surface area contributed by atoms with Gasteiger partial charge in [0, 0.05) is 16.9 Å². The van der Waals surface area contributed by atoms with E-state index in [1.165, 1.54) is 6.07 Å². The summed E-state index contributed by atoms with van der Waals surface area (Å²) in [5.41, 5.74) is 6.01. The molecular weight excluding hydrogens is 247 g/mol. The van der Waals surface area contributed by atoms with E-state index in [1.807, 2.05) is 0 Å². The average Bonchev–Trinajstić information content (AvgIpc) is 2.36. The molecule has 0 amide bonds. The molecule has 1 heterocycles. The molecule has 2 N–H and O–H groups in total. The highest BCUT2D eigenvalue weighted by Gasteiger charge is 2.26. The zero-order valence-corrected chi connectivity index (χ0v) is 10.1. The molecule has 2 unspecified atom stereocenters. The molecule has 2 atom stereocenters. The summed E-state index contributed by atoms with van der Waals surface area (Å²) in [6, 6.07) is 1.60. The second-order valence-electron chi connectivity index (χ2n) is 4.20. The minimum atomic E-state index is -1.43. The SMILES string of the molecule is NC(c1ccc(F)c(F)c1F)C1CCCCS1. The molecule has 0 radical (unpaired) electrons. The van der Waals surface area contributed by atoms with Crippen LogP contribution in [0.2, 0.25) is 0 Å². The van der Waals surface area contributed by atoms with Crippen molar-refractivity contribution >= 4 is 11.8 Å². The van der Waals surface area contributed by atoms with Gasteiger partial charge in [-0.1, -0.05) is 12.5 Å². The minimum absolute atomic E-state index is 0.0725. The third-order valence-electron chi connectivity index (χ3n) is 3.04. The molecule has 1 saturated heterocycles. The molecule has 0 aliphatic carbocycles. The summed E-state index contributed by atoms with van der Waals surface area (Å²) in [5.74, 6) is -2.76. The van der Waals surface area contributed by atoms with E-state index in [0.29, 0.717) is 0 Å². The van der Waals surface area contributed by atoms with Gasteiger partial charge in [0.05, 0.1) is 0 Å². The van der Waals surface area contributed by atoms with Crippen LogP contribution in [-0.2, 0) is 0 Å². The smallest absolute Gasteiger partial charge is 0.194 e. The molecule has 94 valence electrons. The minimum Gasteiger partial charge on any atom is -0.323 e. The van der Waals surface area contributed by atoms with Crippen LogP contribution in [0.4, 0.5) is 13.2 Å². The first kappa shape index (κ1) is 12.8. The van der Waals surface area contributed by atoms with E-state index in [0.717, 1.165) is 31.1 Å². The van der Waals surface area contributed by atoms with Crippen molar-refractivity contribution in [1.82, 2.24) is 0 Å². The summed E-state index contributed by atoms with van der Waals surface area (Å²) in [4.78, 5) is 0. The van der Waals surface area contributed by atoms with Gasteiger partial charge in [-0.25, -0.2) is 13.2 Å². The molecule has 0 saturated carbocycles. The van der Waals surface area contributed by atoms with Crippen LogP contribution >= 0.6 is 11.8 Å². The number of benzene rings is 1. The van der Waals surface area contributed by atoms with Gasteiger partial charge in [-0.2, -0.15) is 11.8 Å². The molecule has 2 rings (SSSR count). The van der Waals surface area contributed by atoms with Crippen LogP contribution in [0.3, 0.4) is 0 Å². The van der Waals surface area contributed by atoms with Crippen LogP contribution in [0.5, 0.6) is 0 Å². The Kier molecular flexibility index (Phi) is 3.99. The maximum Gasteiger partial charge on any atom is 0.194 e. The van der Waals surface area contributed by atoms with E-state index in [4.69, 9.17) is 5.73 Å². The fourth-order valence-electron chi connectivity index (χ4n) is 2.05. The van der Waals surface area contributed by atoms with E-state index >= 15 is 0 Å². The molecule has 1 aromatic carbocycles. The van der Waals surface area contributed by atoms with Crippen molar-refractivity contribution in [3.8, 4) is 0 Å². The quantitative estimate of drug-likeness (QED) is 0.826. The second-order valence-corrected chi connectivity index (χ2v) is 5.54. The lowest BCUT2D eigenvalue weighted by atomic mass is 9.99. The molecular formula is C12H14F3NS. The third kappa shape index (κ3) is 2.60. The Labute approximate surface area is 103 Å². The molecule has 0 aromatic heterocycles. The first-order valence-electron chi connectivity index (χ1n) is 5.62. The highest BCUT2D eigenvalue weighted by molar-refractivity contribution is 8.00. The van der Waals surface area contributed by atoms with E-state index < -0.39 is 23.5 Å². The van der Waals surface area contributed by atoms with Gasteiger partial charge in [0.2, 0.25) is 0 Å². The van der Waals surface area contributed by atoms with Crippen molar-refractivity contribution in [2.24, 2.45) is 5.73 Å². The number of rotatable bonds is 2. The van der Waals surface area contributed by atoms with Gasteiger partial charge in [-0.3, -0.25) is 0 Å². The van der Waals surface area contributed by atoms with Crippen molar-refractivity contribution in [2.45, 2.75) is 30.6 Å². The highest BCUT2D eigenvalue weighted by Crippen LogP contribution is 2.34. The summed E-state index contributed by atoms with van der Waals surface area (Å²) >= 11 is 1.68. The Morgan fingerprint density at radius 3 is 2.59 bits per heavy atom. The number of hydrogen-bond donors (Lipinski definition) is 1. The molecule has 1 aromatic rings. The topological polar surface area (TPSA) is 26.0 Å². The standard InChI is InChI=1S/C12H14F3NS/c13-8-5-4-7(10(14)11(8)15)12(16)9-3-1-2-6-17-9/h4-5,9,12H,1-3,6,16H2. The summed E-state index contributed by atoms with van der Waals surface area (Å²) in [7, 11) is 0. The Morgan fingerprint density at radius 2 is 1.94 bits per heavy atom. The van der Waals surface area contributed by atoms with Crippen molar-refractivity contribution < 1.29 is 13.2 Å². The Balaban J connectivity index is 2.24. The largest absolute Gasteiger partial charge is 0.323 e. The van der Waals surface area contributed by atoms with Gasteiger partial charge in [-0.15, -0.1) is 0 Å². The van der Waals surface area contributed by atoms with Crippen molar-refractivity contribution in [2.75, 3.05) is 5.75 Å². The van der Waals surface area contributed by atoms with Gasteiger partial charge < -0.3 is 5.73 Å². The van der Waals surface area contributed by atoms with E-state index in [9.17, 15) is 13.2 Å². The lowest BCUT2D eigenvalue weighted by Gasteiger charge is -2.27. The zero-order chi connectivity index (χ0) is 12.4. The van der Waals surface area contributed by atoms with Crippen LogP contribution in [0.15, 0.2) is 12.1 Å². The van der Waals surface area contributed by atoms with Crippen molar-refractivity contribution in [3.63, 3.8) is 0 Å². The summed E-state index contributed by atoms with van der Waals surface area (Å²) < 4.78 is 39.5. The number of halogens is 3. The number of thioether (sulfide) groups is 1. The summed E-state index contributed by atoms with van der Waals surface area (Å²) in [5, 5.41) is 0.0862. The first-order valence-corrected chi connectivity index (χ1v) is 6.66. The average molecular weight is 261 g/mol. The van der Waals surface area contributed by atoms with Gasteiger partial charge in [0.1, 0.15) is 0 Å². The molecule has 1 aliphatic rings. The van der Waals surface area contributed by atoms with Crippen LogP contribution in [0, 0.1) is 17.5 Å². The van der Waals surface area contributed by atoms with Crippen LogP contribution in [-0.4, -0.2) is 11.0 Å². The normalized spacial score (nSPS) is 22.5. The summed E-state index contributed by atoms with van der Waals surface area (Å²) in [6.45, 7) is 0. The molecule has 1 nitrogen and oxygen atoms in total. The predicted molar refractivity (Wildman–Crippen MR) is 63.3 cm³/mol. The molecule has 5 heteroatoms. The van der Waals surface area contributed by atoms with Gasteiger partial charge >= 0.3 is 0 Å². The fourth-order valence-corrected chi connectivity index (χ4v) is 3.41. The predicted octanol–water partition coefficient (Wildman–Crippen LogP) is 3.39. The van der Waals surface area contributed by atoms with Crippen LogP contribution in [0.1, 0.15) is 30.9 Å². The second kappa shape index (κ2) is 5.31. The molecule has 0 bridgehead atoms. The monoisotopic (exact) mass is 261 g/mol. The zero-order valence-electron chi connectivity index (χ0n) is 9.26. The lowest BCUT2D eigenvalue weighted by Crippen LogP contribution is -2.27. The van der Waals surface area contributed by atoms with Gasteiger partial charge in [0.15, 0.2) is 17.5 Å².